The maximum atomic E-state index is 12.1. The zero-order valence-electron chi connectivity index (χ0n) is 12.8. The maximum Gasteiger partial charge on any atom is 0.287 e. The Balaban J connectivity index is 1.59. The van der Waals surface area contributed by atoms with Gasteiger partial charge in [0.1, 0.15) is 0 Å². The molecule has 0 bridgehead atoms. The van der Waals surface area contributed by atoms with Gasteiger partial charge in [-0.1, -0.05) is 0 Å². The fourth-order valence-corrected chi connectivity index (χ4v) is 3.25. The molecule has 3 rings (SSSR count). The normalized spacial score (nSPS) is 21.1. The molecule has 1 aliphatic carbocycles. The monoisotopic (exact) mass is 379 g/mol. The topological polar surface area (TPSA) is 77.1 Å². The molecule has 0 unspecified atom stereocenters. The third kappa shape index (κ3) is 3.72. The Labute approximate surface area is 142 Å². The van der Waals surface area contributed by atoms with E-state index in [9.17, 15) is 9.59 Å². The number of amides is 1. The number of furan rings is 1. The summed E-state index contributed by atoms with van der Waals surface area (Å²) in [5.41, 5.74) is 0.770. The number of nitrogens with one attached hydrogen (secondary N) is 1. The molecule has 1 fully saturated rings. The molecule has 2 aromatic heterocycles. The van der Waals surface area contributed by atoms with Crippen LogP contribution in [0.4, 0.5) is 0 Å². The third-order valence-corrected chi connectivity index (χ3v) is 4.56. The summed E-state index contributed by atoms with van der Waals surface area (Å²) in [5, 5.41) is 7.31. The van der Waals surface area contributed by atoms with E-state index in [-0.39, 0.29) is 23.6 Å². The minimum absolute atomic E-state index is 0.0662. The first-order chi connectivity index (χ1) is 11.0. The summed E-state index contributed by atoms with van der Waals surface area (Å²) in [6, 6.07) is 6.83. The number of rotatable bonds is 3. The fourth-order valence-electron chi connectivity index (χ4n) is 2.94. The molecule has 122 valence electrons. The van der Waals surface area contributed by atoms with Gasteiger partial charge in [-0.15, -0.1) is 0 Å². The highest BCUT2D eigenvalue weighted by Gasteiger charge is 2.25. The molecule has 23 heavy (non-hydrogen) atoms. The van der Waals surface area contributed by atoms with E-state index in [1.165, 1.54) is 0 Å². The standard InChI is InChI=1S/C16H18BrN3O3/c1-10-2-9-15(21)20(19-10)12-5-3-11(4-6-12)18-16(22)13-7-8-14(17)23-13/h2,7-9,11-12H,3-6H2,1H3,(H,18,22). The minimum atomic E-state index is -0.204. The molecule has 0 aromatic carbocycles. The van der Waals surface area contributed by atoms with Gasteiger partial charge in [0.2, 0.25) is 0 Å². The van der Waals surface area contributed by atoms with Crippen molar-refractivity contribution in [2.24, 2.45) is 0 Å². The largest absolute Gasteiger partial charge is 0.444 e. The van der Waals surface area contributed by atoms with Gasteiger partial charge in [0.25, 0.3) is 11.5 Å². The molecule has 1 N–H and O–H groups in total. The van der Waals surface area contributed by atoms with Crippen molar-refractivity contribution in [1.29, 1.82) is 0 Å². The summed E-state index contributed by atoms with van der Waals surface area (Å²) >= 11 is 3.19. The van der Waals surface area contributed by atoms with Crippen LogP contribution in [0.3, 0.4) is 0 Å². The van der Waals surface area contributed by atoms with E-state index in [0.29, 0.717) is 10.4 Å². The molecule has 1 amide bonds. The van der Waals surface area contributed by atoms with Crippen LogP contribution < -0.4 is 10.9 Å². The Morgan fingerprint density at radius 3 is 2.65 bits per heavy atom. The smallest absolute Gasteiger partial charge is 0.287 e. The number of hydrogen-bond acceptors (Lipinski definition) is 4. The van der Waals surface area contributed by atoms with Gasteiger partial charge in [0, 0.05) is 12.1 Å². The molecule has 6 nitrogen and oxygen atoms in total. The molecule has 2 heterocycles. The summed E-state index contributed by atoms with van der Waals surface area (Å²) < 4.78 is 7.37. The molecule has 0 aliphatic heterocycles. The molecular weight excluding hydrogens is 362 g/mol. The van der Waals surface area contributed by atoms with Crippen molar-refractivity contribution in [3.8, 4) is 0 Å². The van der Waals surface area contributed by atoms with E-state index >= 15 is 0 Å². The summed E-state index contributed by atoms with van der Waals surface area (Å²) in [7, 11) is 0. The molecule has 1 aliphatic rings. The van der Waals surface area contributed by atoms with Gasteiger partial charge >= 0.3 is 0 Å². The minimum Gasteiger partial charge on any atom is -0.444 e. The lowest BCUT2D eigenvalue weighted by Gasteiger charge is -2.29. The molecule has 7 heteroatoms. The fraction of sp³-hybridized carbons (Fsp3) is 0.438. The first-order valence-electron chi connectivity index (χ1n) is 7.65. The average molecular weight is 380 g/mol. The van der Waals surface area contributed by atoms with Crippen molar-refractivity contribution in [2.75, 3.05) is 0 Å². The lowest BCUT2D eigenvalue weighted by molar-refractivity contribution is 0.0892. The molecule has 0 radical (unpaired) electrons. The first kappa shape index (κ1) is 16.0. The van der Waals surface area contributed by atoms with Crippen molar-refractivity contribution in [1.82, 2.24) is 15.1 Å². The Morgan fingerprint density at radius 2 is 2.00 bits per heavy atom. The average Bonchev–Trinajstić information content (AvgIpc) is 2.97. The van der Waals surface area contributed by atoms with E-state index in [1.807, 2.05) is 6.92 Å². The van der Waals surface area contributed by atoms with Gasteiger partial charge in [-0.05, 0) is 66.7 Å². The van der Waals surface area contributed by atoms with Crippen LogP contribution in [-0.4, -0.2) is 21.7 Å². The molecule has 0 saturated heterocycles. The van der Waals surface area contributed by atoms with Gasteiger partial charge in [0.05, 0.1) is 11.7 Å². The van der Waals surface area contributed by atoms with E-state index in [2.05, 4.69) is 26.3 Å². The van der Waals surface area contributed by atoms with Gasteiger partial charge < -0.3 is 9.73 Å². The van der Waals surface area contributed by atoms with Crippen LogP contribution in [0, 0.1) is 6.92 Å². The molecule has 2 aromatic rings. The highest BCUT2D eigenvalue weighted by Crippen LogP contribution is 2.27. The second-order valence-corrected chi connectivity index (χ2v) is 6.62. The van der Waals surface area contributed by atoms with Crippen LogP contribution in [0.15, 0.2) is 38.1 Å². The van der Waals surface area contributed by atoms with Gasteiger partial charge in [-0.3, -0.25) is 9.59 Å². The Kier molecular flexibility index (Phi) is 4.66. The van der Waals surface area contributed by atoms with E-state index < -0.39 is 0 Å². The van der Waals surface area contributed by atoms with E-state index in [1.54, 1.807) is 28.9 Å². The Morgan fingerprint density at radius 1 is 1.26 bits per heavy atom. The van der Waals surface area contributed by atoms with Gasteiger partial charge in [-0.25, -0.2) is 4.68 Å². The lowest BCUT2D eigenvalue weighted by Crippen LogP contribution is -2.39. The van der Waals surface area contributed by atoms with Crippen LogP contribution in [0.5, 0.6) is 0 Å². The van der Waals surface area contributed by atoms with E-state index in [0.717, 1.165) is 31.4 Å². The number of halogens is 1. The number of carbonyl (C=O) groups excluding carboxylic acids is 1. The van der Waals surface area contributed by atoms with Crippen LogP contribution in [-0.2, 0) is 0 Å². The van der Waals surface area contributed by atoms with Crippen molar-refractivity contribution in [3.63, 3.8) is 0 Å². The Bertz CT molecular complexity index is 760. The summed E-state index contributed by atoms with van der Waals surface area (Å²) in [4.78, 5) is 24.0. The number of hydrogen-bond donors (Lipinski definition) is 1. The maximum absolute atomic E-state index is 12.1. The molecule has 0 atom stereocenters. The predicted molar refractivity (Wildman–Crippen MR) is 88.4 cm³/mol. The van der Waals surface area contributed by atoms with E-state index in [4.69, 9.17) is 4.42 Å². The summed E-state index contributed by atoms with van der Waals surface area (Å²) in [6.45, 7) is 1.88. The SMILES string of the molecule is Cc1ccc(=O)n(C2CCC(NC(=O)c3ccc(Br)o3)CC2)n1. The Hall–Kier alpha value is -1.89. The predicted octanol–water partition coefficient (Wildman–Crippen LogP) is 2.82. The zero-order chi connectivity index (χ0) is 16.4. The van der Waals surface area contributed by atoms with Crippen molar-refractivity contribution in [3.05, 3.63) is 50.7 Å². The number of nitrogens with zero attached hydrogens (tertiary/aromatic N) is 2. The van der Waals surface area contributed by atoms with Crippen molar-refractivity contribution < 1.29 is 9.21 Å². The lowest BCUT2D eigenvalue weighted by atomic mass is 9.91. The van der Waals surface area contributed by atoms with Crippen molar-refractivity contribution in [2.45, 2.75) is 44.7 Å². The second-order valence-electron chi connectivity index (χ2n) is 5.84. The molecule has 1 saturated carbocycles. The summed E-state index contributed by atoms with van der Waals surface area (Å²) in [6.07, 6.45) is 3.28. The third-order valence-electron chi connectivity index (χ3n) is 4.13. The number of aryl methyl sites for hydroxylation is 1. The highest BCUT2D eigenvalue weighted by molar-refractivity contribution is 9.10. The number of carbonyl (C=O) groups is 1. The number of aromatic nitrogens is 2. The first-order valence-corrected chi connectivity index (χ1v) is 8.45. The van der Waals surface area contributed by atoms with Crippen molar-refractivity contribution >= 4 is 21.8 Å². The molecule has 0 spiro atoms. The van der Waals surface area contributed by atoms with Crippen LogP contribution in [0.1, 0.15) is 48.0 Å². The summed E-state index contributed by atoms with van der Waals surface area (Å²) in [5.74, 6) is 0.0977. The quantitative estimate of drug-likeness (QED) is 0.889. The van der Waals surface area contributed by atoms with Crippen LogP contribution in [0.2, 0.25) is 0 Å². The van der Waals surface area contributed by atoms with Gasteiger partial charge in [-0.2, -0.15) is 5.10 Å². The molecular formula is C16H18BrN3O3. The second kappa shape index (κ2) is 6.70. The van der Waals surface area contributed by atoms with Crippen LogP contribution >= 0.6 is 15.9 Å². The van der Waals surface area contributed by atoms with Gasteiger partial charge in [0.15, 0.2) is 10.4 Å². The van der Waals surface area contributed by atoms with Crippen LogP contribution in [0.25, 0.3) is 0 Å². The highest BCUT2D eigenvalue weighted by atomic mass is 79.9. The zero-order valence-corrected chi connectivity index (χ0v) is 14.4.